The van der Waals surface area contributed by atoms with E-state index in [1.807, 2.05) is 0 Å². The molecule has 0 radical (unpaired) electrons. The standard InChI is InChI=1S/C11H20N2O6/c1-6(12-10(18)19-11(2,3)4)8(15)13-7(5-14)9(16)17/h6-7,14H,5H2,1-4H3,(H,12,18)(H,13,15)(H,16,17)/t6-,7?/m1/s1. The molecule has 0 aliphatic rings. The number of carbonyl (C=O) groups is 3. The van der Waals surface area contributed by atoms with Gasteiger partial charge in [-0.15, -0.1) is 0 Å². The molecule has 0 spiro atoms. The van der Waals surface area contributed by atoms with Crippen LogP contribution in [0.2, 0.25) is 0 Å². The highest BCUT2D eigenvalue weighted by molar-refractivity contribution is 5.88. The predicted octanol–water partition coefficient (Wildman–Crippen LogP) is -0.539. The second-order valence-electron chi connectivity index (χ2n) is 4.95. The first-order chi connectivity index (χ1) is 8.56. The average Bonchev–Trinajstić information content (AvgIpc) is 2.21. The third-order valence-corrected chi connectivity index (χ3v) is 1.92. The van der Waals surface area contributed by atoms with E-state index in [4.69, 9.17) is 14.9 Å². The lowest BCUT2D eigenvalue weighted by Crippen LogP contribution is -2.52. The van der Waals surface area contributed by atoms with Crippen molar-refractivity contribution in [3.05, 3.63) is 0 Å². The van der Waals surface area contributed by atoms with Crippen LogP contribution in [0, 0.1) is 0 Å². The quantitative estimate of drug-likeness (QED) is 0.534. The van der Waals surface area contributed by atoms with Gasteiger partial charge in [-0.1, -0.05) is 0 Å². The summed E-state index contributed by atoms with van der Waals surface area (Å²) < 4.78 is 4.94. The summed E-state index contributed by atoms with van der Waals surface area (Å²) in [6.07, 6.45) is -0.786. The zero-order valence-electron chi connectivity index (χ0n) is 11.4. The van der Waals surface area contributed by atoms with Crippen molar-refractivity contribution < 1.29 is 29.3 Å². The molecule has 0 heterocycles. The largest absolute Gasteiger partial charge is 0.480 e. The maximum absolute atomic E-state index is 11.6. The fourth-order valence-corrected chi connectivity index (χ4v) is 1.03. The zero-order chi connectivity index (χ0) is 15.2. The lowest BCUT2D eigenvalue weighted by molar-refractivity contribution is -0.143. The van der Waals surface area contributed by atoms with Crippen LogP contribution in [0.3, 0.4) is 0 Å². The summed E-state index contributed by atoms with van der Waals surface area (Å²) in [6, 6.07) is -2.39. The monoisotopic (exact) mass is 276 g/mol. The molecule has 0 rings (SSSR count). The fourth-order valence-electron chi connectivity index (χ4n) is 1.03. The van der Waals surface area contributed by atoms with Crippen molar-refractivity contribution in [1.29, 1.82) is 0 Å². The minimum atomic E-state index is -1.41. The maximum Gasteiger partial charge on any atom is 0.408 e. The summed E-state index contributed by atoms with van der Waals surface area (Å²) in [5, 5.41) is 21.7. The molecule has 2 amide bonds. The van der Waals surface area contributed by atoms with E-state index in [9.17, 15) is 14.4 Å². The number of aliphatic hydroxyl groups excluding tert-OH is 1. The molecule has 110 valence electrons. The van der Waals surface area contributed by atoms with Crippen molar-refractivity contribution in [3.8, 4) is 0 Å². The molecule has 4 N–H and O–H groups in total. The summed E-state index contributed by atoms with van der Waals surface area (Å²) in [5.74, 6) is -2.09. The number of alkyl carbamates (subject to hydrolysis) is 1. The molecule has 1 unspecified atom stereocenters. The van der Waals surface area contributed by atoms with Gasteiger partial charge in [0.2, 0.25) is 5.91 Å². The van der Waals surface area contributed by atoms with E-state index in [-0.39, 0.29) is 0 Å². The number of hydrogen-bond acceptors (Lipinski definition) is 5. The first-order valence-electron chi connectivity index (χ1n) is 5.70. The van der Waals surface area contributed by atoms with E-state index in [0.717, 1.165) is 0 Å². The van der Waals surface area contributed by atoms with Gasteiger partial charge in [0.05, 0.1) is 6.61 Å². The molecular weight excluding hydrogens is 256 g/mol. The molecule has 19 heavy (non-hydrogen) atoms. The minimum absolute atomic E-state index is 0.699. The van der Waals surface area contributed by atoms with Gasteiger partial charge in [0, 0.05) is 0 Å². The van der Waals surface area contributed by atoms with Crippen LogP contribution in [0.1, 0.15) is 27.7 Å². The molecule has 0 bridgehead atoms. The number of amides is 2. The van der Waals surface area contributed by atoms with Crippen LogP contribution in [0.5, 0.6) is 0 Å². The van der Waals surface area contributed by atoms with Gasteiger partial charge < -0.3 is 25.6 Å². The van der Waals surface area contributed by atoms with Gasteiger partial charge in [0.1, 0.15) is 17.7 Å². The molecule has 0 aromatic rings. The summed E-state index contributed by atoms with van der Waals surface area (Å²) in [4.78, 5) is 33.6. The van der Waals surface area contributed by atoms with Crippen LogP contribution in [0.25, 0.3) is 0 Å². The summed E-state index contributed by atoms with van der Waals surface area (Å²) in [7, 11) is 0. The predicted molar refractivity (Wildman–Crippen MR) is 65.5 cm³/mol. The first kappa shape index (κ1) is 17.2. The topological polar surface area (TPSA) is 125 Å². The SMILES string of the molecule is C[C@@H](NC(=O)OC(C)(C)C)C(=O)NC(CO)C(=O)O. The average molecular weight is 276 g/mol. The molecule has 0 aromatic carbocycles. The van der Waals surface area contributed by atoms with Crippen LogP contribution in [-0.2, 0) is 14.3 Å². The van der Waals surface area contributed by atoms with Crippen LogP contribution in [-0.4, -0.2) is 52.5 Å². The van der Waals surface area contributed by atoms with Crippen LogP contribution in [0.15, 0.2) is 0 Å². The second kappa shape index (κ2) is 6.93. The first-order valence-corrected chi connectivity index (χ1v) is 5.70. The number of ether oxygens (including phenoxy) is 1. The highest BCUT2D eigenvalue weighted by Gasteiger charge is 2.24. The maximum atomic E-state index is 11.6. The van der Waals surface area contributed by atoms with Crippen molar-refractivity contribution >= 4 is 18.0 Å². The fraction of sp³-hybridized carbons (Fsp3) is 0.727. The normalized spacial score (nSPS) is 14.2. The van der Waals surface area contributed by atoms with Crippen LogP contribution >= 0.6 is 0 Å². The van der Waals surface area contributed by atoms with E-state index in [1.165, 1.54) is 6.92 Å². The van der Waals surface area contributed by atoms with E-state index in [2.05, 4.69) is 10.6 Å². The Kier molecular flexibility index (Phi) is 6.26. The van der Waals surface area contributed by atoms with Gasteiger partial charge in [-0.05, 0) is 27.7 Å². The van der Waals surface area contributed by atoms with Crippen LogP contribution in [0.4, 0.5) is 4.79 Å². The van der Waals surface area contributed by atoms with Crippen molar-refractivity contribution in [2.75, 3.05) is 6.61 Å². The van der Waals surface area contributed by atoms with Gasteiger partial charge >= 0.3 is 12.1 Å². The minimum Gasteiger partial charge on any atom is -0.480 e. The number of rotatable bonds is 5. The number of aliphatic hydroxyl groups is 1. The summed E-state index contributed by atoms with van der Waals surface area (Å²) >= 11 is 0. The Labute approximate surface area is 111 Å². The Bertz CT molecular complexity index is 350. The molecule has 0 aliphatic heterocycles. The second-order valence-corrected chi connectivity index (χ2v) is 4.95. The molecule has 0 fully saturated rings. The molecule has 0 saturated heterocycles. The smallest absolute Gasteiger partial charge is 0.408 e. The molecule has 0 aliphatic carbocycles. The van der Waals surface area contributed by atoms with E-state index in [0.29, 0.717) is 0 Å². The van der Waals surface area contributed by atoms with Crippen molar-refractivity contribution in [3.63, 3.8) is 0 Å². The van der Waals surface area contributed by atoms with Gasteiger partial charge in [-0.3, -0.25) is 4.79 Å². The Morgan fingerprint density at radius 2 is 1.74 bits per heavy atom. The number of carbonyl (C=O) groups excluding carboxylic acids is 2. The Morgan fingerprint density at radius 3 is 2.11 bits per heavy atom. The summed E-state index contributed by atoms with van der Waals surface area (Å²) in [6.45, 7) is 5.65. The number of carboxylic acids is 1. The third kappa shape index (κ3) is 7.24. The van der Waals surface area contributed by atoms with E-state index >= 15 is 0 Å². The Morgan fingerprint density at radius 1 is 1.21 bits per heavy atom. The van der Waals surface area contributed by atoms with E-state index in [1.54, 1.807) is 20.8 Å². The number of aliphatic carboxylic acids is 1. The molecular formula is C11H20N2O6. The molecule has 0 saturated carbocycles. The van der Waals surface area contributed by atoms with Crippen molar-refractivity contribution in [2.24, 2.45) is 0 Å². The lowest BCUT2D eigenvalue weighted by atomic mass is 10.2. The molecule has 8 heteroatoms. The van der Waals surface area contributed by atoms with Gasteiger partial charge in [0.15, 0.2) is 0 Å². The highest BCUT2D eigenvalue weighted by atomic mass is 16.6. The van der Waals surface area contributed by atoms with Gasteiger partial charge in [0.25, 0.3) is 0 Å². The van der Waals surface area contributed by atoms with Crippen LogP contribution < -0.4 is 10.6 Å². The third-order valence-electron chi connectivity index (χ3n) is 1.92. The molecule has 8 nitrogen and oxygen atoms in total. The zero-order valence-corrected chi connectivity index (χ0v) is 11.4. The van der Waals surface area contributed by atoms with Gasteiger partial charge in [-0.2, -0.15) is 0 Å². The van der Waals surface area contributed by atoms with Gasteiger partial charge in [-0.25, -0.2) is 9.59 Å². The highest BCUT2D eigenvalue weighted by Crippen LogP contribution is 2.06. The van der Waals surface area contributed by atoms with Crippen molar-refractivity contribution in [2.45, 2.75) is 45.4 Å². The molecule has 2 atom stereocenters. The number of hydrogen-bond donors (Lipinski definition) is 4. The van der Waals surface area contributed by atoms with E-state index < -0.39 is 42.3 Å². The number of nitrogens with one attached hydrogen (secondary N) is 2. The lowest BCUT2D eigenvalue weighted by Gasteiger charge is -2.22. The summed E-state index contributed by atoms with van der Waals surface area (Å²) in [5.41, 5.74) is -0.699. The molecule has 0 aromatic heterocycles. The van der Waals surface area contributed by atoms with Crippen molar-refractivity contribution in [1.82, 2.24) is 10.6 Å². The number of carboxylic acid groups (broad SMARTS) is 1. The Hall–Kier alpha value is -1.83. The Balaban J connectivity index is 4.35.